The van der Waals surface area contributed by atoms with Gasteiger partial charge in [0, 0.05) is 31.2 Å². The number of imidazole rings is 1. The molecule has 0 amide bonds. The van der Waals surface area contributed by atoms with E-state index in [0.29, 0.717) is 5.92 Å². The fourth-order valence-electron chi connectivity index (χ4n) is 4.08. The summed E-state index contributed by atoms with van der Waals surface area (Å²) in [6.07, 6.45) is 13.2. The third kappa shape index (κ3) is 4.08. The second-order valence-electron chi connectivity index (χ2n) is 7.83. The lowest BCUT2D eigenvalue weighted by Crippen LogP contribution is -2.12. The van der Waals surface area contributed by atoms with Gasteiger partial charge in [-0.05, 0) is 62.5 Å². The first-order chi connectivity index (χ1) is 14.8. The second kappa shape index (κ2) is 8.53. The van der Waals surface area contributed by atoms with Crippen molar-refractivity contribution in [3.63, 3.8) is 0 Å². The Labute approximate surface area is 178 Å². The molecule has 1 aliphatic rings. The molecule has 30 heavy (non-hydrogen) atoms. The smallest absolute Gasteiger partial charge is 0.180 e. The Morgan fingerprint density at radius 1 is 1.27 bits per heavy atom. The molecule has 0 atom stereocenters. The molecular formula is C21H25N7OS. The molecule has 0 saturated carbocycles. The number of nitrogens with one attached hydrogen (secondary N) is 2. The molecule has 1 fully saturated rings. The molecule has 156 valence electrons. The van der Waals surface area contributed by atoms with E-state index in [1.54, 1.807) is 6.20 Å². The van der Waals surface area contributed by atoms with E-state index < -0.39 is 0 Å². The van der Waals surface area contributed by atoms with Crippen LogP contribution in [0.3, 0.4) is 0 Å². The molecule has 5 heterocycles. The first-order valence-corrected chi connectivity index (χ1v) is 11.2. The Kier molecular flexibility index (Phi) is 5.46. The molecule has 4 aromatic heterocycles. The van der Waals surface area contributed by atoms with Crippen LogP contribution >= 0.6 is 11.5 Å². The molecule has 4 aromatic rings. The number of hydrogen-bond donors (Lipinski definition) is 2. The number of H-pyrrole nitrogens is 1. The summed E-state index contributed by atoms with van der Waals surface area (Å²) < 4.78 is 12.3. The summed E-state index contributed by atoms with van der Waals surface area (Å²) in [4.78, 5) is 9.29. The number of fused-ring (bicyclic) bond motifs is 1. The SMILES string of the molecule is Cc1cn2c(-c3cn[nH]c3)cnc2c(Nc2cc(CC3CCCOCCC3)ns2)n1. The van der Waals surface area contributed by atoms with Crippen LogP contribution in [0.5, 0.6) is 0 Å². The van der Waals surface area contributed by atoms with Crippen LogP contribution in [0.2, 0.25) is 0 Å². The highest BCUT2D eigenvalue weighted by Crippen LogP contribution is 2.29. The number of aromatic nitrogens is 6. The molecule has 1 aliphatic heterocycles. The summed E-state index contributed by atoms with van der Waals surface area (Å²) in [5.41, 5.74) is 4.82. The van der Waals surface area contributed by atoms with Crippen molar-refractivity contribution in [3.05, 3.63) is 42.2 Å². The number of aromatic amines is 1. The molecule has 0 aromatic carbocycles. The van der Waals surface area contributed by atoms with Gasteiger partial charge in [-0.3, -0.25) is 9.50 Å². The van der Waals surface area contributed by atoms with Crippen molar-refractivity contribution >= 4 is 28.0 Å². The van der Waals surface area contributed by atoms with Gasteiger partial charge in [0.25, 0.3) is 0 Å². The normalized spacial score (nSPS) is 15.9. The fraction of sp³-hybridized carbons (Fsp3) is 0.429. The van der Waals surface area contributed by atoms with E-state index in [1.165, 1.54) is 24.4 Å². The van der Waals surface area contributed by atoms with E-state index in [0.717, 1.165) is 71.6 Å². The molecule has 2 N–H and O–H groups in total. The van der Waals surface area contributed by atoms with Crippen molar-refractivity contribution < 1.29 is 4.74 Å². The largest absolute Gasteiger partial charge is 0.381 e. The van der Waals surface area contributed by atoms with Crippen molar-refractivity contribution in [1.82, 2.24) is 28.9 Å². The minimum Gasteiger partial charge on any atom is -0.381 e. The molecule has 9 heteroatoms. The predicted octanol–water partition coefficient (Wildman–Crippen LogP) is 4.38. The molecule has 5 rings (SSSR count). The lowest BCUT2D eigenvalue weighted by molar-refractivity contribution is 0.104. The molecular weight excluding hydrogens is 398 g/mol. The van der Waals surface area contributed by atoms with Crippen LogP contribution in [0.15, 0.2) is 30.9 Å². The highest BCUT2D eigenvalue weighted by Gasteiger charge is 2.16. The van der Waals surface area contributed by atoms with E-state index in [9.17, 15) is 0 Å². The van der Waals surface area contributed by atoms with Gasteiger partial charge in [-0.2, -0.15) is 9.47 Å². The summed E-state index contributed by atoms with van der Waals surface area (Å²) in [6.45, 7) is 3.77. The minimum absolute atomic E-state index is 0.692. The van der Waals surface area contributed by atoms with E-state index in [-0.39, 0.29) is 0 Å². The van der Waals surface area contributed by atoms with Crippen LogP contribution in [0.25, 0.3) is 16.9 Å². The number of rotatable bonds is 5. The summed E-state index contributed by atoms with van der Waals surface area (Å²) in [5.74, 6) is 1.43. The zero-order valence-corrected chi connectivity index (χ0v) is 17.8. The Balaban J connectivity index is 1.36. The molecule has 1 saturated heterocycles. The van der Waals surface area contributed by atoms with Crippen LogP contribution in [0, 0.1) is 12.8 Å². The zero-order valence-electron chi connectivity index (χ0n) is 17.0. The number of nitrogens with zero attached hydrogens (tertiary/aromatic N) is 5. The Morgan fingerprint density at radius 2 is 2.13 bits per heavy atom. The maximum atomic E-state index is 5.57. The van der Waals surface area contributed by atoms with Gasteiger partial charge in [-0.15, -0.1) is 0 Å². The minimum atomic E-state index is 0.692. The Hall–Kier alpha value is -2.78. The molecule has 8 nitrogen and oxygen atoms in total. The third-order valence-corrected chi connectivity index (χ3v) is 6.25. The summed E-state index contributed by atoms with van der Waals surface area (Å²) >= 11 is 1.48. The van der Waals surface area contributed by atoms with Gasteiger partial charge in [-0.25, -0.2) is 9.97 Å². The highest BCUT2D eigenvalue weighted by atomic mass is 32.1. The third-order valence-electron chi connectivity index (χ3n) is 5.51. The van der Waals surface area contributed by atoms with Crippen molar-refractivity contribution in [2.24, 2.45) is 5.92 Å². The van der Waals surface area contributed by atoms with Gasteiger partial charge in [0.2, 0.25) is 0 Å². The molecule has 0 radical (unpaired) electrons. The van der Waals surface area contributed by atoms with Gasteiger partial charge >= 0.3 is 0 Å². The lowest BCUT2D eigenvalue weighted by Gasteiger charge is -2.18. The molecule has 0 spiro atoms. The van der Waals surface area contributed by atoms with E-state index in [1.807, 2.05) is 29.9 Å². The van der Waals surface area contributed by atoms with Crippen molar-refractivity contribution in [3.8, 4) is 11.3 Å². The van der Waals surface area contributed by atoms with Crippen LogP contribution in [-0.2, 0) is 11.2 Å². The van der Waals surface area contributed by atoms with Gasteiger partial charge in [0.1, 0.15) is 5.00 Å². The maximum absolute atomic E-state index is 5.57. The summed E-state index contributed by atoms with van der Waals surface area (Å²) in [5, 5.41) is 11.3. The Bertz CT molecular complexity index is 1110. The quantitative estimate of drug-likeness (QED) is 0.495. The fourth-order valence-corrected chi connectivity index (χ4v) is 4.75. The van der Waals surface area contributed by atoms with E-state index in [2.05, 4.69) is 35.9 Å². The van der Waals surface area contributed by atoms with E-state index in [4.69, 9.17) is 4.74 Å². The maximum Gasteiger partial charge on any atom is 0.180 e. The first-order valence-electron chi connectivity index (χ1n) is 10.4. The van der Waals surface area contributed by atoms with Crippen LogP contribution in [0.1, 0.15) is 37.1 Å². The topological polar surface area (TPSA) is 93.0 Å². The lowest BCUT2D eigenvalue weighted by atomic mass is 9.92. The van der Waals surface area contributed by atoms with Gasteiger partial charge < -0.3 is 10.1 Å². The standard InChI is InChI=1S/C21H25N7OS/c1-14-13-28-18(16-10-23-24-11-16)12-22-21(28)20(25-14)26-19-9-17(27-30-19)8-15-4-2-6-29-7-3-5-15/h9-13,15H,2-8H2,1H3,(H,23,24)(H,25,26). The number of anilines is 2. The average Bonchev–Trinajstić information content (AvgIpc) is 3.44. The summed E-state index contributed by atoms with van der Waals surface area (Å²) in [7, 11) is 0. The zero-order chi connectivity index (χ0) is 20.3. The first kappa shape index (κ1) is 19.2. The summed E-state index contributed by atoms with van der Waals surface area (Å²) in [6, 6.07) is 2.15. The van der Waals surface area contributed by atoms with Crippen molar-refractivity contribution in [1.29, 1.82) is 0 Å². The Morgan fingerprint density at radius 3 is 2.93 bits per heavy atom. The van der Waals surface area contributed by atoms with Crippen LogP contribution in [-0.4, -0.2) is 42.2 Å². The van der Waals surface area contributed by atoms with Crippen molar-refractivity contribution in [2.75, 3.05) is 18.5 Å². The van der Waals surface area contributed by atoms with Crippen LogP contribution < -0.4 is 5.32 Å². The number of aryl methyl sites for hydroxylation is 1. The molecule has 0 aliphatic carbocycles. The van der Waals surface area contributed by atoms with Gasteiger partial charge in [0.05, 0.1) is 29.5 Å². The number of ether oxygens (including phenoxy) is 1. The molecule has 0 unspecified atom stereocenters. The monoisotopic (exact) mass is 423 g/mol. The van der Waals surface area contributed by atoms with Gasteiger partial charge in [0.15, 0.2) is 11.5 Å². The number of hydrogen-bond acceptors (Lipinski definition) is 7. The molecule has 0 bridgehead atoms. The average molecular weight is 424 g/mol. The highest BCUT2D eigenvalue weighted by molar-refractivity contribution is 7.10. The van der Waals surface area contributed by atoms with Gasteiger partial charge in [-0.1, -0.05) is 0 Å². The van der Waals surface area contributed by atoms with E-state index >= 15 is 0 Å². The second-order valence-corrected chi connectivity index (χ2v) is 8.63. The van der Waals surface area contributed by atoms with Crippen molar-refractivity contribution in [2.45, 2.75) is 39.0 Å². The predicted molar refractivity (Wildman–Crippen MR) is 117 cm³/mol. The van der Waals surface area contributed by atoms with Crippen LogP contribution in [0.4, 0.5) is 10.8 Å².